The first-order valence-corrected chi connectivity index (χ1v) is 5.12. The summed E-state index contributed by atoms with van der Waals surface area (Å²) in [4.78, 5) is 9.86. The maximum atomic E-state index is 9.86. The highest BCUT2D eigenvalue weighted by atomic mass is 16.3. The molecule has 2 nitrogen and oxygen atoms in total. The summed E-state index contributed by atoms with van der Waals surface area (Å²) in [6.45, 7) is 2.73. The lowest BCUT2D eigenvalue weighted by Gasteiger charge is -2.26. The van der Waals surface area contributed by atoms with E-state index in [1.165, 1.54) is 32.1 Å². The Balaban J connectivity index is 1.93. The molecular weight excluding hydrogens is 150 g/mol. The van der Waals surface area contributed by atoms with Gasteiger partial charge in [0.2, 0.25) is 0 Å². The molecule has 0 aromatic heterocycles. The van der Waals surface area contributed by atoms with Gasteiger partial charge in [-0.3, -0.25) is 0 Å². The van der Waals surface area contributed by atoms with Crippen LogP contribution in [-0.2, 0) is 0 Å². The monoisotopic (exact) mass is 169 g/mol. The van der Waals surface area contributed by atoms with Gasteiger partial charge in [0.25, 0.3) is 0 Å². The maximum Gasteiger partial charge on any atom is 0.0813 e. The third-order valence-electron chi connectivity index (χ3n) is 3.01. The van der Waals surface area contributed by atoms with Gasteiger partial charge in [0.1, 0.15) is 0 Å². The molecule has 1 fully saturated rings. The summed E-state index contributed by atoms with van der Waals surface area (Å²) in [6, 6.07) is 0. The predicted octanol–water partition coefficient (Wildman–Crippen LogP) is 3.36. The van der Waals surface area contributed by atoms with E-state index < -0.39 is 0 Å². The van der Waals surface area contributed by atoms with Crippen molar-refractivity contribution in [1.29, 1.82) is 0 Å². The van der Waals surface area contributed by atoms with E-state index in [9.17, 15) is 4.91 Å². The van der Waals surface area contributed by atoms with Crippen LogP contribution >= 0.6 is 0 Å². The number of rotatable bonds is 6. The van der Waals surface area contributed by atoms with Gasteiger partial charge >= 0.3 is 0 Å². The molecule has 0 bridgehead atoms. The van der Waals surface area contributed by atoms with Crippen molar-refractivity contribution in [3.05, 3.63) is 4.91 Å². The standard InChI is InChI=1S/C10H19NO/c1-9(7-8-11-12)5-6-10-3-2-4-10/h9-10H,2-8H2,1H3. The zero-order valence-corrected chi connectivity index (χ0v) is 7.96. The molecule has 0 N–H and O–H groups in total. The SMILES string of the molecule is CC(CCN=O)CCC1CCC1. The second-order valence-electron chi connectivity index (χ2n) is 4.12. The van der Waals surface area contributed by atoms with Crippen LogP contribution in [0.2, 0.25) is 0 Å². The van der Waals surface area contributed by atoms with Crippen LogP contribution in [0.5, 0.6) is 0 Å². The topological polar surface area (TPSA) is 29.4 Å². The van der Waals surface area contributed by atoms with E-state index in [1.54, 1.807) is 0 Å². The van der Waals surface area contributed by atoms with Crippen molar-refractivity contribution in [1.82, 2.24) is 0 Å². The lowest BCUT2D eigenvalue weighted by Crippen LogP contribution is -2.12. The van der Waals surface area contributed by atoms with Gasteiger partial charge in [0, 0.05) is 0 Å². The first-order chi connectivity index (χ1) is 5.83. The molecule has 1 unspecified atom stereocenters. The molecule has 0 heterocycles. The average Bonchev–Trinajstić information content (AvgIpc) is 1.98. The maximum absolute atomic E-state index is 9.86. The van der Waals surface area contributed by atoms with Gasteiger partial charge in [-0.15, -0.1) is 0 Å². The van der Waals surface area contributed by atoms with Gasteiger partial charge < -0.3 is 0 Å². The van der Waals surface area contributed by atoms with Gasteiger partial charge in [0.05, 0.1) is 6.54 Å². The fraction of sp³-hybridized carbons (Fsp3) is 1.00. The number of nitrogens with zero attached hydrogens (tertiary/aromatic N) is 1. The van der Waals surface area contributed by atoms with E-state index in [0.29, 0.717) is 12.5 Å². The second-order valence-corrected chi connectivity index (χ2v) is 4.12. The Hall–Kier alpha value is -0.400. The van der Waals surface area contributed by atoms with Crippen LogP contribution in [0, 0.1) is 16.7 Å². The van der Waals surface area contributed by atoms with Crippen molar-refractivity contribution in [2.75, 3.05) is 6.54 Å². The summed E-state index contributed by atoms with van der Waals surface area (Å²) in [7, 11) is 0. The molecule has 1 aliphatic carbocycles. The second kappa shape index (κ2) is 5.28. The highest BCUT2D eigenvalue weighted by Crippen LogP contribution is 2.31. The lowest BCUT2D eigenvalue weighted by molar-refractivity contribution is 0.271. The van der Waals surface area contributed by atoms with E-state index in [2.05, 4.69) is 12.1 Å². The predicted molar refractivity (Wildman–Crippen MR) is 51.0 cm³/mol. The van der Waals surface area contributed by atoms with Crippen molar-refractivity contribution in [2.24, 2.45) is 17.0 Å². The molecule has 0 spiro atoms. The van der Waals surface area contributed by atoms with E-state index >= 15 is 0 Å². The minimum absolute atomic E-state index is 0.506. The van der Waals surface area contributed by atoms with Crippen molar-refractivity contribution >= 4 is 0 Å². The van der Waals surface area contributed by atoms with Crippen molar-refractivity contribution in [3.63, 3.8) is 0 Å². The molecule has 0 aromatic rings. The average molecular weight is 169 g/mol. The molecule has 0 radical (unpaired) electrons. The smallest absolute Gasteiger partial charge is 0.0813 e. The Morgan fingerprint density at radius 1 is 1.42 bits per heavy atom. The molecule has 1 aliphatic rings. The van der Waals surface area contributed by atoms with Crippen molar-refractivity contribution < 1.29 is 0 Å². The Morgan fingerprint density at radius 3 is 2.67 bits per heavy atom. The van der Waals surface area contributed by atoms with Crippen LogP contribution in [0.3, 0.4) is 0 Å². The summed E-state index contributed by atoms with van der Waals surface area (Å²) < 4.78 is 0. The van der Waals surface area contributed by atoms with Crippen LogP contribution in [-0.4, -0.2) is 6.54 Å². The van der Waals surface area contributed by atoms with E-state index in [-0.39, 0.29) is 0 Å². The molecular formula is C10H19NO. The minimum Gasteiger partial charge on any atom is -0.151 e. The molecule has 0 aliphatic heterocycles. The molecule has 1 atom stereocenters. The van der Waals surface area contributed by atoms with Crippen LogP contribution in [0.25, 0.3) is 0 Å². The number of nitroso groups, excluding NO2 is 1. The zero-order chi connectivity index (χ0) is 8.81. The summed E-state index contributed by atoms with van der Waals surface area (Å²) in [5.74, 6) is 1.71. The molecule has 0 saturated heterocycles. The Kier molecular flexibility index (Phi) is 4.26. The number of hydrogen-bond donors (Lipinski definition) is 0. The highest BCUT2D eigenvalue weighted by molar-refractivity contribution is 4.70. The van der Waals surface area contributed by atoms with Crippen LogP contribution in [0.15, 0.2) is 5.18 Å². The Labute approximate surface area is 74.7 Å². The van der Waals surface area contributed by atoms with E-state index in [0.717, 1.165) is 12.3 Å². The van der Waals surface area contributed by atoms with Crippen LogP contribution in [0.4, 0.5) is 0 Å². The summed E-state index contributed by atoms with van der Waals surface area (Å²) in [6.07, 6.45) is 7.97. The fourth-order valence-electron chi connectivity index (χ4n) is 1.72. The molecule has 1 saturated carbocycles. The van der Waals surface area contributed by atoms with Gasteiger partial charge in [-0.1, -0.05) is 44.2 Å². The van der Waals surface area contributed by atoms with Crippen LogP contribution in [0.1, 0.15) is 45.4 Å². The molecule has 0 aromatic carbocycles. The summed E-state index contributed by atoms with van der Waals surface area (Å²) in [5.41, 5.74) is 0. The van der Waals surface area contributed by atoms with E-state index in [4.69, 9.17) is 0 Å². The van der Waals surface area contributed by atoms with Gasteiger partial charge in [-0.2, -0.15) is 4.91 Å². The lowest BCUT2D eigenvalue weighted by atomic mass is 9.80. The molecule has 1 rings (SSSR count). The van der Waals surface area contributed by atoms with Gasteiger partial charge in [-0.25, -0.2) is 0 Å². The van der Waals surface area contributed by atoms with E-state index in [1.807, 2.05) is 0 Å². The number of hydrogen-bond acceptors (Lipinski definition) is 2. The quantitative estimate of drug-likeness (QED) is 0.560. The normalized spacial score (nSPS) is 20.1. The Bertz CT molecular complexity index is 132. The van der Waals surface area contributed by atoms with Gasteiger partial charge in [-0.05, 0) is 18.3 Å². The largest absolute Gasteiger partial charge is 0.151 e. The molecule has 12 heavy (non-hydrogen) atoms. The molecule has 2 heteroatoms. The molecule has 70 valence electrons. The first kappa shape index (κ1) is 9.69. The summed E-state index contributed by atoms with van der Waals surface area (Å²) >= 11 is 0. The summed E-state index contributed by atoms with van der Waals surface area (Å²) in [5, 5.41) is 2.89. The first-order valence-electron chi connectivity index (χ1n) is 5.12. The van der Waals surface area contributed by atoms with Crippen LogP contribution < -0.4 is 0 Å². The minimum atomic E-state index is 0.506. The third kappa shape index (κ3) is 3.33. The zero-order valence-electron chi connectivity index (χ0n) is 7.96. The Morgan fingerprint density at radius 2 is 2.17 bits per heavy atom. The third-order valence-corrected chi connectivity index (χ3v) is 3.01. The molecule has 0 amide bonds. The highest BCUT2D eigenvalue weighted by Gasteiger charge is 2.17. The van der Waals surface area contributed by atoms with Gasteiger partial charge in [0.15, 0.2) is 0 Å². The van der Waals surface area contributed by atoms with Crippen molar-refractivity contribution in [2.45, 2.75) is 45.4 Å². The fourth-order valence-corrected chi connectivity index (χ4v) is 1.72. The van der Waals surface area contributed by atoms with Crippen molar-refractivity contribution in [3.8, 4) is 0 Å².